The Morgan fingerprint density at radius 3 is 2.50 bits per heavy atom. The van der Waals surface area contributed by atoms with Crippen molar-refractivity contribution >= 4 is 28.7 Å². The smallest absolute Gasteiger partial charge is 0.222 e. The summed E-state index contributed by atoms with van der Waals surface area (Å²) in [5, 5.41) is 0.831. The van der Waals surface area contributed by atoms with E-state index in [0.29, 0.717) is 5.82 Å². The van der Waals surface area contributed by atoms with Crippen molar-refractivity contribution in [3.8, 4) is 0 Å². The first-order valence-electron chi connectivity index (χ1n) is 5.87. The third-order valence-electron chi connectivity index (χ3n) is 2.54. The Bertz CT molecular complexity index is 609. The van der Waals surface area contributed by atoms with Gasteiger partial charge in [-0.2, -0.15) is 4.98 Å². The van der Waals surface area contributed by atoms with E-state index in [0.717, 1.165) is 16.5 Å². The van der Waals surface area contributed by atoms with Gasteiger partial charge in [0.05, 0.1) is 5.52 Å². The van der Waals surface area contributed by atoms with Gasteiger partial charge in [-0.1, -0.05) is 39.0 Å². The lowest BCUT2D eigenvalue weighted by molar-refractivity contribution is 0.547. The minimum Gasteiger partial charge on any atom is -0.383 e. The van der Waals surface area contributed by atoms with Gasteiger partial charge >= 0.3 is 0 Å². The molecule has 0 aliphatic carbocycles. The number of anilines is 2. The molecule has 0 amide bonds. The van der Waals surface area contributed by atoms with Crippen LogP contribution in [-0.4, -0.2) is 9.97 Å². The maximum atomic E-state index is 5.80. The fraction of sp³-hybridized carbons (Fsp3) is 0.286. The van der Waals surface area contributed by atoms with Crippen LogP contribution in [0.3, 0.4) is 0 Å². The average molecular weight is 242 g/mol. The Morgan fingerprint density at radius 2 is 1.83 bits per heavy atom. The predicted octanol–water partition coefficient (Wildman–Crippen LogP) is 2.85. The number of fused-ring (bicyclic) bond motifs is 1. The molecule has 0 aliphatic rings. The molecule has 1 aromatic carbocycles. The summed E-state index contributed by atoms with van der Waals surface area (Å²) in [7, 11) is 0. The molecule has 0 aliphatic heterocycles. The summed E-state index contributed by atoms with van der Waals surface area (Å²) >= 11 is 0. The zero-order chi connectivity index (χ0) is 13.3. The Morgan fingerprint density at radius 1 is 1.11 bits per heavy atom. The average Bonchev–Trinajstić information content (AvgIpc) is 2.24. The van der Waals surface area contributed by atoms with Crippen LogP contribution in [0, 0.1) is 5.41 Å². The van der Waals surface area contributed by atoms with Gasteiger partial charge in [0, 0.05) is 5.39 Å². The van der Waals surface area contributed by atoms with Gasteiger partial charge in [0.1, 0.15) is 5.82 Å². The van der Waals surface area contributed by atoms with Gasteiger partial charge in [0.25, 0.3) is 0 Å². The summed E-state index contributed by atoms with van der Waals surface area (Å²) in [5.41, 5.74) is 13.4. The molecule has 0 atom stereocenters. The van der Waals surface area contributed by atoms with Crippen molar-refractivity contribution in [3.63, 3.8) is 0 Å². The summed E-state index contributed by atoms with van der Waals surface area (Å²) in [5.74, 6) is 0.626. The summed E-state index contributed by atoms with van der Waals surface area (Å²) in [6.07, 6.45) is 4.23. The molecular formula is C14H18N4. The summed E-state index contributed by atoms with van der Waals surface area (Å²) in [4.78, 5) is 8.14. The zero-order valence-electron chi connectivity index (χ0n) is 10.9. The number of allylic oxidation sites excluding steroid dienone is 1. The number of aromatic nitrogens is 2. The minimum absolute atomic E-state index is 0.151. The number of hydrogen-bond donors (Lipinski definition) is 2. The Labute approximate surface area is 107 Å². The molecular weight excluding hydrogens is 224 g/mol. The summed E-state index contributed by atoms with van der Waals surface area (Å²) in [6, 6.07) is 5.89. The van der Waals surface area contributed by atoms with Gasteiger partial charge in [-0.05, 0) is 23.1 Å². The van der Waals surface area contributed by atoms with Gasteiger partial charge < -0.3 is 11.5 Å². The second-order valence-electron chi connectivity index (χ2n) is 5.44. The molecule has 1 heterocycles. The van der Waals surface area contributed by atoms with Crippen molar-refractivity contribution in [2.75, 3.05) is 11.5 Å². The van der Waals surface area contributed by atoms with Crippen LogP contribution in [0.5, 0.6) is 0 Å². The lowest BCUT2D eigenvalue weighted by Crippen LogP contribution is -2.00. The first-order chi connectivity index (χ1) is 8.35. The molecule has 4 N–H and O–H groups in total. The number of nitrogens with zero attached hydrogens (tertiary/aromatic N) is 2. The molecule has 0 bridgehead atoms. The maximum absolute atomic E-state index is 5.80. The second-order valence-corrected chi connectivity index (χ2v) is 5.44. The van der Waals surface area contributed by atoms with Crippen LogP contribution < -0.4 is 11.5 Å². The van der Waals surface area contributed by atoms with E-state index in [1.165, 1.54) is 0 Å². The highest BCUT2D eigenvalue weighted by Crippen LogP contribution is 2.22. The second kappa shape index (κ2) is 4.29. The fourth-order valence-corrected chi connectivity index (χ4v) is 1.64. The van der Waals surface area contributed by atoms with Crippen LogP contribution in [-0.2, 0) is 0 Å². The lowest BCUT2D eigenvalue weighted by Gasteiger charge is -2.11. The van der Waals surface area contributed by atoms with Gasteiger partial charge in [-0.3, -0.25) is 0 Å². The van der Waals surface area contributed by atoms with Crippen LogP contribution in [0.4, 0.5) is 11.8 Å². The van der Waals surface area contributed by atoms with Crippen molar-refractivity contribution in [2.24, 2.45) is 5.41 Å². The number of benzene rings is 1. The van der Waals surface area contributed by atoms with Crippen molar-refractivity contribution < 1.29 is 0 Å². The van der Waals surface area contributed by atoms with Crippen molar-refractivity contribution in [2.45, 2.75) is 20.8 Å². The number of nitrogen functional groups attached to an aromatic ring is 2. The number of nitrogens with two attached hydrogens (primary N) is 2. The first-order valence-corrected chi connectivity index (χ1v) is 5.87. The molecule has 4 nitrogen and oxygen atoms in total. The largest absolute Gasteiger partial charge is 0.383 e. The molecule has 4 heteroatoms. The molecule has 0 saturated heterocycles. The van der Waals surface area contributed by atoms with E-state index in [4.69, 9.17) is 11.5 Å². The van der Waals surface area contributed by atoms with Crippen LogP contribution in [0.1, 0.15) is 26.3 Å². The lowest BCUT2D eigenvalue weighted by atomic mass is 9.95. The van der Waals surface area contributed by atoms with Crippen LogP contribution in [0.15, 0.2) is 24.3 Å². The molecule has 0 fully saturated rings. The van der Waals surface area contributed by atoms with E-state index in [1.54, 1.807) is 0 Å². The zero-order valence-corrected chi connectivity index (χ0v) is 10.9. The highest BCUT2D eigenvalue weighted by molar-refractivity contribution is 5.90. The Hall–Kier alpha value is -2.10. The molecule has 0 radical (unpaired) electrons. The van der Waals surface area contributed by atoms with E-state index in [2.05, 4.69) is 42.9 Å². The number of hydrogen-bond acceptors (Lipinski definition) is 4. The van der Waals surface area contributed by atoms with E-state index in [9.17, 15) is 0 Å². The van der Waals surface area contributed by atoms with E-state index in [1.807, 2.05) is 18.2 Å². The summed E-state index contributed by atoms with van der Waals surface area (Å²) < 4.78 is 0. The standard InChI is InChI=1S/C14H18N4/c1-14(2,3)7-6-9-4-5-10-11(8-9)17-13(16)18-12(10)15/h4-8H,1-3H3,(H4,15,16,17,18)/b7-6+. The molecule has 2 aromatic rings. The van der Waals surface area contributed by atoms with Gasteiger partial charge in [0.15, 0.2) is 0 Å². The van der Waals surface area contributed by atoms with E-state index < -0.39 is 0 Å². The molecule has 0 unspecified atom stereocenters. The molecule has 0 spiro atoms. The predicted molar refractivity (Wildman–Crippen MR) is 76.9 cm³/mol. The van der Waals surface area contributed by atoms with Gasteiger partial charge in [-0.25, -0.2) is 4.98 Å². The van der Waals surface area contributed by atoms with Crippen molar-refractivity contribution in [3.05, 3.63) is 29.8 Å². The topological polar surface area (TPSA) is 77.8 Å². The summed E-state index contributed by atoms with van der Waals surface area (Å²) in [6.45, 7) is 6.47. The third-order valence-corrected chi connectivity index (χ3v) is 2.54. The molecule has 18 heavy (non-hydrogen) atoms. The monoisotopic (exact) mass is 242 g/mol. The number of rotatable bonds is 1. The van der Waals surface area contributed by atoms with Gasteiger partial charge in [0.2, 0.25) is 5.95 Å². The van der Waals surface area contributed by atoms with Crippen molar-refractivity contribution in [1.29, 1.82) is 0 Å². The SMILES string of the molecule is CC(C)(C)/C=C/c1ccc2c(N)nc(N)nc2c1. The van der Waals surface area contributed by atoms with Crippen LogP contribution in [0.2, 0.25) is 0 Å². The Kier molecular flexibility index (Phi) is 2.95. The quantitative estimate of drug-likeness (QED) is 0.806. The molecule has 1 aromatic heterocycles. The maximum Gasteiger partial charge on any atom is 0.222 e. The van der Waals surface area contributed by atoms with Crippen molar-refractivity contribution in [1.82, 2.24) is 9.97 Å². The third kappa shape index (κ3) is 2.77. The molecule has 0 saturated carbocycles. The van der Waals surface area contributed by atoms with Crippen LogP contribution in [0.25, 0.3) is 17.0 Å². The first kappa shape index (κ1) is 12.4. The van der Waals surface area contributed by atoms with E-state index >= 15 is 0 Å². The fourth-order valence-electron chi connectivity index (χ4n) is 1.64. The highest BCUT2D eigenvalue weighted by atomic mass is 15.0. The molecule has 2 rings (SSSR count). The minimum atomic E-state index is 0.151. The normalized spacial score (nSPS) is 12.4. The molecule has 94 valence electrons. The van der Waals surface area contributed by atoms with Crippen LogP contribution >= 0.6 is 0 Å². The highest BCUT2D eigenvalue weighted by Gasteiger charge is 2.05. The van der Waals surface area contributed by atoms with E-state index in [-0.39, 0.29) is 11.4 Å². The van der Waals surface area contributed by atoms with Gasteiger partial charge in [-0.15, -0.1) is 0 Å². The Balaban J connectivity index is 2.48.